The minimum Gasteiger partial charge on any atom is -0.462 e. The summed E-state index contributed by atoms with van der Waals surface area (Å²) in [4.78, 5) is 37.8. The third kappa shape index (κ3) is 50.9. The highest BCUT2D eigenvalue weighted by Crippen LogP contribution is 2.17. The van der Waals surface area contributed by atoms with E-state index in [4.69, 9.17) is 14.2 Å². The van der Waals surface area contributed by atoms with Gasteiger partial charge in [-0.2, -0.15) is 0 Å². The van der Waals surface area contributed by atoms with Crippen molar-refractivity contribution in [3.05, 3.63) is 24.3 Å². The maximum Gasteiger partial charge on any atom is 0.306 e. The standard InChI is InChI=1S/C58H108O6/c1-4-7-10-13-16-18-20-22-24-26-28-29-30-31-33-34-36-38-40-42-45-48-51-57(60)63-54-55(53-62-56(59)50-47-44-15-12-9-6-3)64-58(61)52-49-46-43-41-39-37-35-32-27-25-23-21-19-17-14-11-8-5-2/h19,21,25,27,55H,4-18,20,22-24,26,28-54H2,1-3H3/b21-19-,27-25-. The summed E-state index contributed by atoms with van der Waals surface area (Å²) in [5.74, 6) is -0.871. The highest BCUT2D eigenvalue weighted by atomic mass is 16.6. The molecule has 6 heteroatoms. The second-order valence-corrected chi connectivity index (χ2v) is 19.2. The van der Waals surface area contributed by atoms with Crippen molar-refractivity contribution >= 4 is 17.9 Å². The summed E-state index contributed by atoms with van der Waals surface area (Å²) in [6, 6.07) is 0. The van der Waals surface area contributed by atoms with E-state index >= 15 is 0 Å². The second-order valence-electron chi connectivity index (χ2n) is 19.2. The van der Waals surface area contributed by atoms with E-state index in [0.717, 1.165) is 70.6 Å². The first-order chi connectivity index (χ1) is 31.5. The van der Waals surface area contributed by atoms with E-state index in [0.29, 0.717) is 19.3 Å². The van der Waals surface area contributed by atoms with Crippen LogP contribution in [0, 0.1) is 0 Å². The molecule has 0 saturated heterocycles. The van der Waals surface area contributed by atoms with Crippen LogP contribution in [-0.4, -0.2) is 37.2 Å². The Kier molecular flexibility index (Phi) is 51.7. The zero-order chi connectivity index (χ0) is 46.5. The first kappa shape index (κ1) is 61.9. The molecular weight excluding hydrogens is 793 g/mol. The minimum atomic E-state index is -0.768. The van der Waals surface area contributed by atoms with E-state index < -0.39 is 6.10 Å². The number of hydrogen-bond donors (Lipinski definition) is 0. The summed E-state index contributed by atoms with van der Waals surface area (Å²) in [6.07, 6.45) is 62.0. The average molecular weight is 901 g/mol. The monoisotopic (exact) mass is 901 g/mol. The Balaban J connectivity index is 4.11. The van der Waals surface area contributed by atoms with Crippen LogP contribution in [0.25, 0.3) is 0 Å². The van der Waals surface area contributed by atoms with Crippen molar-refractivity contribution in [2.45, 2.75) is 316 Å². The van der Waals surface area contributed by atoms with Crippen molar-refractivity contribution in [3.63, 3.8) is 0 Å². The molecule has 0 bridgehead atoms. The second kappa shape index (κ2) is 53.5. The van der Waals surface area contributed by atoms with Crippen LogP contribution in [0.2, 0.25) is 0 Å². The third-order valence-corrected chi connectivity index (χ3v) is 12.7. The molecule has 0 spiro atoms. The molecule has 64 heavy (non-hydrogen) atoms. The molecule has 1 atom stereocenters. The summed E-state index contributed by atoms with van der Waals surface area (Å²) < 4.78 is 16.8. The molecule has 0 radical (unpaired) electrons. The fraction of sp³-hybridized carbons (Fsp3) is 0.879. The zero-order valence-corrected chi connectivity index (χ0v) is 43.1. The topological polar surface area (TPSA) is 78.9 Å². The highest BCUT2D eigenvalue weighted by molar-refractivity contribution is 5.71. The first-order valence-electron chi connectivity index (χ1n) is 28.3. The normalized spacial score (nSPS) is 12.1. The van der Waals surface area contributed by atoms with Crippen LogP contribution >= 0.6 is 0 Å². The molecule has 0 amide bonds. The molecule has 0 aliphatic carbocycles. The van der Waals surface area contributed by atoms with Gasteiger partial charge in [-0.25, -0.2) is 0 Å². The molecule has 0 aromatic heterocycles. The van der Waals surface area contributed by atoms with Gasteiger partial charge in [-0.05, 0) is 51.4 Å². The molecule has 0 aromatic carbocycles. The molecule has 0 saturated carbocycles. The smallest absolute Gasteiger partial charge is 0.306 e. The summed E-state index contributed by atoms with van der Waals surface area (Å²) in [7, 11) is 0. The predicted octanol–water partition coefficient (Wildman–Crippen LogP) is 18.7. The van der Waals surface area contributed by atoms with E-state index in [1.54, 1.807) is 0 Å². The van der Waals surface area contributed by atoms with Gasteiger partial charge in [-0.3, -0.25) is 14.4 Å². The van der Waals surface area contributed by atoms with Crippen molar-refractivity contribution in [1.29, 1.82) is 0 Å². The maximum atomic E-state index is 12.8. The van der Waals surface area contributed by atoms with Gasteiger partial charge in [0.2, 0.25) is 0 Å². The van der Waals surface area contributed by atoms with Crippen LogP contribution < -0.4 is 0 Å². The lowest BCUT2D eigenvalue weighted by Crippen LogP contribution is -2.30. The molecule has 0 rings (SSSR count). The van der Waals surface area contributed by atoms with E-state index in [1.807, 2.05) is 0 Å². The number of hydrogen-bond acceptors (Lipinski definition) is 6. The number of ether oxygens (including phenoxy) is 3. The van der Waals surface area contributed by atoms with Crippen molar-refractivity contribution in [3.8, 4) is 0 Å². The first-order valence-corrected chi connectivity index (χ1v) is 28.3. The lowest BCUT2D eigenvalue weighted by molar-refractivity contribution is -0.167. The van der Waals surface area contributed by atoms with E-state index in [9.17, 15) is 14.4 Å². The maximum absolute atomic E-state index is 12.8. The molecule has 376 valence electrons. The minimum absolute atomic E-state index is 0.0702. The third-order valence-electron chi connectivity index (χ3n) is 12.7. The van der Waals surface area contributed by atoms with Crippen LogP contribution in [0.1, 0.15) is 310 Å². The SMILES string of the molecule is CCCCCC/C=C\C/C=C\CCCCCCCCCC(=O)OC(COC(=O)CCCCCCCC)COC(=O)CCCCCCCCCCCCCCCCCCCCCCCC. The van der Waals surface area contributed by atoms with Crippen LogP contribution in [0.4, 0.5) is 0 Å². The summed E-state index contributed by atoms with van der Waals surface area (Å²) >= 11 is 0. The van der Waals surface area contributed by atoms with E-state index in [-0.39, 0.29) is 31.1 Å². The fourth-order valence-electron chi connectivity index (χ4n) is 8.42. The number of carbonyl (C=O) groups is 3. The molecule has 6 nitrogen and oxygen atoms in total. The quantitative estimate of drug-likeness (QED) is 0.0262. The number of allylic oxidation sites excluding steroid dienone is 4. The Labute approximate surface area is 398 Å². The molecular formula is C58H108O6. The Morgan fingerprint density at radius 2 is 0.562 bits per heavy atom. The van der Waals surface area contributed by atoms with Gasteiger partial charge < -0.3 is 14.2 Å². The van der Waals surface area contributed by atoms with Gasteiger partial charge in [0.15, 0.2) is 6.10 Å². The van der Waals surface area contributed by atoms with Crippen LogP contribution in [0.5, 0.6) is 0 Å². The zero-order valence-electron chi connectivity index (χ0n) is 43.1. The summed E-state index contributed by atoms with van der Waals surface area (Å²) in [5.41, 5.74) is 0. The molecule has 0 aliphatic heterocycles. The highest BCUT2D eigenvalue weighted by Gasteiger charge is 2.19. The summed E-state index contributed by atoms with van der Waals surface area (Å²) in [5, 5.41) is 0. The van der Waals surface area contributed by atoms with Gasteiger partial charge in [0, 0.05) is 19.3 Å². The van der Waals surface area contributed by atoms with Gasteiger partial charge in [-0.1, -0.05) is 263 Å². The van der Waals surface area contributed by atoms with Crippen LogP contribution in [0.3, 0.4) is 0 Å². The summed E-state index contributed by atoms with van der Waals surface area (Å²) in [6.45, 7) is 6.60. The Morgan fingerprint density at radius 3 is 0.875 bits per heavy atom. The largest absolute Gasteiger partial charge is 0.462 e. The Hall–Kier alpha value is -2.11. The number of rotatable bonds is 52. The van der Waals surface area contributed by atoms with Crippen molar-refractivity contribution in [2.24, 2.45) is 0 Å². The van der Waals surface area contributed by atoms with Gasteiger partial charge in [0.25, 0.3) is 0 Å². The van der Waals surface area contributed by atoms with Gasteiger partial charge >= 0.3 is 17.9 Å². The van der Waals surface area contributed by atoms with Crippen LogP contribution in [-0.2, 0) is 28.6 Å². The van der Waals surface area contributed by atoms with Crippen molar-refractivity contribution < 1.29 is 28.6 Å². The number of unbranched alkanes of at least 4 members (excludes halogenated alkanes) is 37. The van der Waals surface area contributed by atoms with Gasteiger partial charge in [0.1, 0.15) is 13.2 Å². The van der Waals surface area contributed by atoms with E-state index in [2.05, 4.69) is 45.1 Å². The van der Waals surface area contributed by atoms with Crippen molar-refractivity contribution in [1.82, 2.24) is 0 Å². The molecule has 0 fully saturated rings. The molecule has 0 heterocycles. The Bertz CT molecular complexity index is 1040. The van der Waals surface area contributed by atoms with Gasteiger partial charge in [0.05, 0.1) is 0 Å². The molecule has 0 aromatic rings. The molecule has 0 aliphatic rings. The molecule has 0 N–H and O–H groups in total. The van der Waals surface area contributed by atoms with Crippen LogP contribution in [0.15, 0.2) is 24.3 Å². The average Bonchev–Trinajstić information content (AvgIpc) is 3.29. The lowest BCUT2D eigenvalue weighted by Gasteiger charge is -2.18. The fourth-order valence-corrected chi connectivity index (χ4v) is 8.42. The van der Waals surface area contributed by atoms with Crippen molar-refractivity contribution in [2.75, 3.05) is 13.2 Å². The molecule has 1 unspecified atom stereocenters. The lowest BCUT2D eigenvalue weighted by atomic mass is 10.0. The van der Waals surface area contributed by atoms with Gasteiger partial charge in [-0.15, -0.1) is 0 Å². The predicted molar refractivity (Wildman–Crippen MR) is 275 cm³/mol. The Morgan fingerprint density at radius 1 is 0.312 bits per heavy atom. The van der Waals surface area contributed by atoms with E-state index in [1.165, 1.54) is 199 Å². The number of esters is 3. The number of carbonyl (C=O) groups excluding carboxylic acids is 3.